The second-order valence-corrected chi connectivity index (χ2v) is 5.77. The van der Waals surface area contributed by atoms with Crippen molar-refractivity contribution < 1.29 is 0 Å². The summed E-state index contributed by atoms with van der Waals surface area (Å²) >= 11 is 6.35. The maximum Gasteiger partial charge on any atom is 0.130 e. The van der Waals surface area contributed by atoms with Crippen LogP contribution in [-0.4, -0.2) is 22.9 Å². The average molecular weight is 286 g/mol. The molecule has 0 aliphatic carbocycles. The van der Waals surface area contributed by atoms with Crippen molar-refractivity contribution in [2.45, 2.75) is 58.9 Å². The molecule has 1 atom stereocenters. The molecule has 0 aliphatic heterocycles. The summed E-state index contributed by atoms with van der Waals surface area (Å²) in [6, 6.07) is 0.486. The van der Waals surface area contributed by atoms with Gasteiger partial charge in [0.05, 0.1) is 5.69 Å². The van der Waals surface area contributed by atoms with E-state index in [9.17, 15) is 0 Å². The Morgan fingerprint density at radius 2 is 1.84 bits per heavy atom. The highest BCUT2D eigenvalue weighted by atomic mass is 35.5. The molecule has 0 saturated carbocycles. The number of hydrogen-bond donors (Lipinski definition) is 1. The van der Waals surface area contributed by atoms with Crippen LogP contribution < -0.4 is 5.32 Å². The lowest BCUT2D eigenvalue weighted by Gasteiger charge is -2.26. The third-order valence-corrected chi connectivity index (χ3v) is 4.43. The molecule has 1 aromatic heterocycles. The van der Waals surface area contributed by atoms with Crippen molar-refractivity contribution in [2.75, 3.05) is 7.05 Å². The Kier molecular flexibility index (Phi) is 6.87. The van der Waals surface area contributed by atoms with E-state index in [0.717, 1.165) is 23.2 Å². The van der Waals surface area contributed by atoms with Crippen LogP contribution in [0.2, 0.25) is 5.15 Å². The van der Waals surface area contributed by atoms with Crippen LogP contribution in [0.3, 0.4) is 0 Å². The van der Waals surface area contributed by atoms with Crippen molar-refractivity contribution in [3.63, 3.8) is 0 Å². The van der Waals surface area contributed by atoms with E-state index in [0.29, 0.717) is 6.04 Å². The van der Waals surface area contributed by atoms with Gasteiger partial charge in [0.1, 0.15) is 5.15 Å². The van der Waals surface area contributed by atoms with Gasteiger partial charge in [-0.1, -0.05) is 38.3 Å². The van der Waals surface area contributed by atoms with Crippen molar-refractivity contribution in [1.82, 2.24) is 15.1 Å². The van der Waals surface area contributed by atoms with Crippen LogP contribution in [0.25, 0.3) is 0 Å². The lowest BCUT2D eigenvalue weighted by atomic mass is 9.87. The Labute approximate surface area is 122 Å². The molecule has 0 fully saturated rings. The van der Waals surface area contributed by atoms with Crippen LogP contribution in [0, 0.1) is 12.8 Å². The van der Waals surface area contributed by atoms with E-state index in [4.69, 9.17) is 11.6 Å². The summed E-state index contributed by atoms with van der Waals surface area (Å²) in [6.07, 6.45) is 6.00. The molecule has 0 amide bonds. The molecule has 1 heterocycles. The molecule has 4 heteroatoms. The fourth-order valence-electron chi connectivity index (χ4n) is 2.92. The molecule has 19 heavy (non-hydrogen) atoms. The van der Waals surface area contributed by atoms with Crippen molar-refractivity contribution in [3.8, 4) is 0 Å². The van der Waals surface area contributed by atoms with Gasteiger partial charge in [0.15, 0.2) is 0 Å². The number of halogens is 1. The smallest absolute Gasteiger partial charge is 0.130 e. The molecule has 0 aliphatic rings. The number of rotatable bonds is 8. The minimum Gasteiger partial charge on any atom is -0.316 e. The van der Waals surface area contributed by atoms with Crippen LogP contribution in [0.1, 0.15) is 50.8 Å². The molecule has 110 valence electrons. The number of aromatic nitrogens is 2. The Morgan fingerprint density at radius 3 is 2.21 bits per heavy atom. The molecule has 1 aromatic rings. The summed E-state index contributed by atoms with van der Waals surface area (Å²) in [5, 5.41) is 8.68. The van der Waals surface area contributed by atoms with Gasteiger partial charge in [-0.25, -0.2) is 0 Å². The fourth-order valence-corrected chi connectivity index (χ4v) is 3.17. The molecule has 0 bridgehead atoms. The molecular weight excluding hydrogens is 258 g/mol. The minimum absolute atomic E-state index is 0.486. The highest BCUT2D eigenvalue weighted by molar-refractivity contribution is 6.30. The van der Waals surface area contributed by atoms with Gasteiger partial charge in [-0.15, -0.1) is 0 Å². The molecule has 0 saturated heterocycles. The van der Waals surface area contributed by atoms with Crippen LogP contribution >= 0.6 is 11.6 Å². The number of nitrogens with one attached hydrogen (secondary N) is 1. The summed E-state index contributed by atoms with van der Waals surface area (Å²) in [6.45, 7) is 6.57. The summed E-state index contributed by atoms with van der Waals surface area (Å²) < 4.78 is 1.77. The van der Waals surface area contributed by atoms with E-state index in [-0.39, 0.29) is 0 Å². The summed E-state index contributed by atoms with van der Waals surface area (Å²) in [7, 11) is 3.96. The minimum atomic E-state index is 0.486. The van der Waals surface area contributed by atoms with E-state index in [1.165, 1.54) is 31.2 Å². The van der Waals surface area contributed by atoms with Crippen LogP contribution in [-0.2, 0) is 13.5 Å². The third kappa shape index (κ3) is 4.22. The second kappa shape index (κ2) is 7.91. The average Bonchev–Trinajstić information content (AvgIpc) is 2.61. The standard InChI is InChI=1S/C15H28ClN3/c1-6-8-12(9-7-2)14(17-4)10-13-11(3)18-19(5)15(13)16/h12,14,17H,6-10H2,1-5H3. The van der Waals surface area contributed by atoms with Gasteiger partial charge in [0, 0.05) is 18.7 Å². The normalized spacial score (nSPS) is 13.2. The molecule has 0 spiro atoms. The van der Waals surface area contributed by atoms with Gasteiger partial charge in [-0.3, -0.25) is 4.68 Å². The van der Waals surface area contributed by atoms with Gasteiger partial charge in [-0.2, -0.15) is 5.10 Å². The quantitative estimate of drug-likeness (QED) is 0.789. The lowest BCUT2D eigenvalue weighted by Crippen LogP contribution is -2.35. The first kappa shape index (κ1) is 16.5. The topological polar surface area (TPSA) is 29.9 Å². The van der Waals surface area contributed by atoms with Gasteiger partial charge in [-0.05, 0) is 39.2 Å². The number of nitrogens with zero attached hydrogens (tertiary/aromatic N) is 2. The SMILES string of the molecule is CCCC(CCC)C(Cc1c(C)nn(C)c1Cl)NC. The lowest BCUT2D eigenvalue weighted by molar-refractivity contribution is 0.322. The van der Waals surface area contributed by atoms with Gasteiger partial charge in [0.25, 0.3) is 0 Å². The third-order valence-electron chi connectivity index (χ3n) is 3.95. The Balaban J connectivity index is 2.84. The molecule has 1 rings (SSSR count). The predicted octanol–water partition coefficient (Wildman–Crippen LogP) is 3.73. The first-order chi connectivity index (χ1) is 9.04. The largest absolute Gasteiger partial charge is 0.316 e. The number of aryl methyl sites for hydroxylation is 2. The van der Waals surface area contributed by atoms with Crippen molar-refractivity contribution >= 4 is 11.6 Å². The first-order valence-electron chi connectivity index (χ1n) is 7.40. The van der Waals surface area contributed by atoms with E-state index >= 15 is 0 Å². The second-order valence-electron chi connectivity index (χ2n) is 5.42. The van der Waals surface area contributed by atoms with Crippen molar-refractivity contribution in [2.24, 2.45) is 13.0 Å². The highest BCUT2D eigenvalue weighted by Crippen LogP contribution is 2.25. The maximum absolute atomic E-state index is 6.35. The maximum atomic E-state index is 6.35. The van der Waals surface area contributed by atoms with Gasteiger partial charge < -0.3 is 5.32 Å². The fraction of sp³-hybridized carbons (Fsp3) is 0.800. The van der Waals surface area contributed by atoms with E-state index in [1.807, 2.05) is 14.0 Å². The van der Waals surface area contributed by atoms with Crippen LogP contribution in [0.5, 0.6) is 0 Å². The summed E-state index contributed by atoms with van der Waals surface area (Å²) in [5.74, 6) is 0.718. The number of likely N-dealkylation sites (N-methyl/N-ethyl adjacent to an activating group) is 1. The molecule has 0 radical (unpaired) electrons. The van der Waals surface area contributed by atoms with Crippen molar-refractivity contribution in [1.29, 1.82) is 0 Å². The van der Waals surface area contributed by atoms with Gasteiger partial charge in [0.2, 0.25) is 0 Å². The predicted molar refractivity (Wildman–Crippen MR) is 82.8 cm³/mol. The zero-order valence-corrected chi connectivity index (χ0v) is 13.7. The Morgan fingerprint density at radius 1 is 1.26 bits per heavy atom. The summed E-state index contributed by atoms with van der Waals surface area (Å²) in [4.78, 5) is 0. The van der Waals surface area contributed by atoms with Crippen LogP contribution in [0.15, 0.2) is 0 Å². The van der Waals surface area contributed by atoms with E-state index < -0.39 is 0 Å². The van der Waals surface area contributed by atoms with E-state index in [2.05, 4.69) is 31.3 Å². The molecule has 3 nitrogen and oxygen atoms in total. The molecule has 0 aromatic carbocycles. The highest BCUT2D eigenvalue weighted by Gasteiger charge is 2.22. The van der Waals surface area contributed by atoms with E-state index in [1.54, 1.807) is 4.68 Å². The zero-order chi connectivity index (χ0) is 14.4. The van der Waals surface area contributed by atoms with Crippen LogP contribution in [0.4, 0.5) is 0 Å². The Hall–Kier alpha value is -0.540. The number of hydrogen-bond acceptors (Lipinski definition) is 2. The monoisotopic (exact) mass is 285 g/mol. The molecule has 1 N–H and O–H groups in total. The molecule has 1 unspecified atom stereocenters. The Bertz CT molecular complexity index is 381. The zero-order valence-electron chi connectivity index (χ0n) is 13.0. The summed E-state index contributed by atoms with van der Waals surface area (Å²) in [5.41, 5.74) is 2.25. The van der Waals surface area contributed by atoms with Crippen molar-refractivity contribution in [3.05, 3.63) is 16.4 Å². The van der Waals surface area contributed by atoms with Gasteiger partial charge >= 0.3 is 0 Å². The first-order valence-corrected chi connectivity index (χ1v) is 7.78. The molecular formula is C15H28ClN3.